The fraction of sp³-hybridized carbons (Fsp3) is 0.357. The van der Waals surface area contributed by atoms with Gasteiger partial charge in [0.05, 0.1) is 31.4 Å². The number of fused-ring (bicyclic) bond motifs is 1. The lowest BCUT2D eigenvalue weighted by Crippen LogP contribution is -2.50. The number of para-hydroxylation sites is 1. The predicted molar refractivity (Wildman–Crippen MR) is 71.0 cm³/mol. The second-order valence-corrected chi connectivity index (χ2v) is 4.66. The third-order valence-electron chi connectivity index (χ3n) is 3.52. The Balaban J connectivity index is 1.94. The SMILES string of the molecule is O=C(c1c[nH]c2ccccc12)N1CCOCC1CO. The number of aromatic nitrogens is 1. The van der Waals surface area contributed by atoms with E-state index in [0.717, 1.165) is 10.9 Å². The summed E-state index contributed by atoms with van der Waals surface area (Å²) in [5.41, 5.74) is 1.59. The van der Waals surface area contributed by atoms with Gasteiger partial charge < -0.3 is 19.7 Å². The molecule has 1 unspecified atom stereocenters. The van der Waals surface area contributed by atoms with Crippen LogP contribution in [0.1, 0.15) is 10.4 Å². The molecule has 3 rings (SSSR count). The maximum Gasteiger partial charge on any atom is 0.256 e. The van der Waals surface area contributed by atoms with Gasteiger partial charge in [0.1, 0.15) is 0 Å². The smallest absolute Gasteiger partial charge is 0.256 e. The third-order valence-corrected chi connectivity index (χ3v) is 3.52. The quantitative estimate of drug-likeness (QED) is 0.846. The van der Waals surface area contributed by atoms with Crippen LogP contribution in [0.5, 0.6) is 0 Å². The molecule has 5 nitrogen and oxygen atoms in total. The van der Waals surface area contributed by atoms with E-state index in [1.54, 1.807) is 11.1 Å². The normalized spacial score (nSPS) is 19.8. The van der Waals surface area contributed by atoms with Crippen LogP contribution in [0.25, 0.3) is 10.9 Å². The summed E-state index contributed by atoms with van der Waals surface area (Å²) in [5, 5.41) is 10.3. The summed E-state index contributed by atoms with van der Waals surface area (Å²) >= 11 is 0. The lowest BCUT2D eigenvalue weighted by molar-refractivity contribution is -0.0183. The summed E-state index contributed by atoms with van der Waals surface area (Å²) in [7, 11) is 0. The number of ether oxygens (including phenoxy) is 1. The number of hydrogen-bond donors (Lipinski definition) is 2. The summed E-state index contributed by atoms with van der Waals surface area (Å²) in [5.74, 6) is -0.0557. The number of morpholine rings is 1. The van der Waals surface area contributed by atoms with Crippen molar-refractivity contribution in [3.63, 3.8) is 0 Å². The van der Waals surface area contributed by atoms with Crippen molar-refractivity contribution >= 4 is 16.8 Å². The lowest BCUT2D eigenvalue weighted by atomic mass is 10.1. The first-order valence-corrected chi connectivity index (χ1v) is 6.37. The predicted octanol–water partition coefficient (Wildman–Crippen LogP) is 1.00. The van der Waals surface area contributed by atoms with Gasteiger partial charge in [0.25, 0.3) is 5.91 Å². The molecule has 0 radical (unpaired) electrons. The fourth-order valence-electron chi connectivity index (χ4n) is 2.48. The van der Waals surface area contributed by atoms with E-state index in [9.17, 15) is 9.90 Å². The van der Waals surface area contributed by atoms with Gasteiger partial charge in [-0.2, -0.15) is 0 Å². The molecular formula is C14H16N2O3. The van der Waals surface area contributed by atoms with Crippen LogP contribution in [0.4, 0.5) is 0 Å². The third kappa shape index (κ3) is 2.11. The number of hydrogen-bond acceptors (Lipinski definition) is 3. The molecule has 1 aromatic heterocycles. The minimum Gasteiger partial charge on any atom is -0.394 e. The van der Waals surface area contributed by atoms with Gasteiger partial charge in [-0.15, -0.1) is 0 Å². The van der Waals surface area contributed by atoms with E-state index in [-0.39, 0.29) is 18.6 Å². The number of nitrogens with one attached hydrogen (secondary N) is 1. The molecule has 0 bridgehead atoms. The van der Waals surface area contributed by atoms with Gasteiger partial charge in [-0.05, 0) is 6.07 Å². The number of amides is 1. The zero-order valence-electron chi connectivity index (χ0n) is 10.5. The van der Waals surface area contributed by atoms with Crippen molar-refractivity contribution in [1.29, 1.82) is 0 Å². The Bertz CT molecular complexity index is 593. The first-order chi connectivity index (χ1) is 9.31. The largest absolute Gasteiger partial charge is 0.394 e. The molecule has 0 saturated carbocycles. The van der Waals surface area contributed by atoms with E-state index in [1.165, 1.54) is 0 Å². The molecule has 0 aliphatic carbocycles. The van der Waals surface area contributed by atoms with Gasteiger partial charge >= 0.3 is 0 Å². The number of aliphatic hydroxyl groups excluding tert-OH is 1. The molecule has 0 spiro atoms. The van der Waals surface area contributed by atoms with Crippen LogP contribution in [-0.2, 0) is 4.74 Å². The summed E-state index contributed by atoms with van der Waals surface area (Å²) in [4.78, 5) is 17.4. The maximum atomic E-state index is 12.6. The number of carbonyl (C=O) groups is 1. The second kappa shape index (κ2) is 5.03. The maximum absolute atomic E-state index is 12.6. The minimum atomic E-state index is -0.255. The van der Waals surface area contributed by atoms with Gasteiger partial charge in [0.15, 0.2) is 0 Å². The number of benzene rings is 1. The van der Waals surface area contributed by atoms with Crippen LogP contribution < -0.4 is 0 Å². The highest BCUT2D eigenvalue weighted by atomic mass is 16.5. The Hall–Kier alpha value is -1.85. The Morgan fingerprint density at radius 1 is 1.47 bits per heavy atom. The molecule has 19 heavy (non-hydrogen) atoms. The Kier molecular flexibility index (Phi) is 3.23. The topological polar surface area (TPSA) is 65.6 Å². The summed E-state index contributed by atoms with van der Waals surface area (Å²) in [6, 6.07) is 7.45. The van der Waals surface area contributed by atoms with Crippen molar-refractivity contribution in [2.45, 2.75) is 6.04 Å². The van der Waals surface area contributed by atoms with E-state index in [0.29, 0.717) is 25.3 Å². The number of aromatic amines is 1. The lowest BCUT2D eigenvalue weighted by Gasteiger charge is -2.34. The molecular weight excluding hydrogens is 244 g/mol. The molecule has 1 aromatic carbocycles. The van der Waals surface area contributed by atoms with Crippen LogP contribution in [0.15, 0.2) is 30.5 Å². The van der Waals surface area contributed by atoms with Crippen LogP contribution >= 0.6 is 0 Å². The molecule has 1 amide bonds. The summed E-state index contributed by atoms with van der Waals surface area (Å²) < 4.78 is 5.30. The molecule has 1 aliphatic heterocycles. The Labute approximate surface area is 110 Å². The first kappa shape index (κ1) is 12.2. The first-order valence-electron chi connectivity index (χ1n) is 6.37. The van der Waals surface area contributed by atoms with Gasteiger partial charge in [-0.3, -0.25) is 4.79 Å². The van der Waals surface area contributed by atoms with E-state index in [2.05, 4.69) is 4.98 Å². The van der Waals surface area contributed by atoms with E-state index < -0.39 is 0 Å². The molecule has 1 aliphatic rings. The molecule has 1 atom stereocenters. The highest BCUT2D eigenvalue weighted by molar-refractivity contribution is 6.06. The van der Waals surface area contributed by atoms with Gasteiger partial charge in [-0.25, -0.2) is 0 Å². The summed E-state index contributed by atoms with van der Waals surface area (Å²) in [6.45, 7) is 1.35. The van der Waals surface area contributed by atoms with Gasteiger partial charge in [0.2, 0.25) is 0 Å². The fourth-order valence-corrected chi connectivity index (χ4v) is 2.48. The molecule has 100 valence electrons. The average molecular weight is 260 g/mol. The van der Waals surface area contributed by atoms with Crippen LogP contribution in [-0.4, -0.2) is 53.3 Å². The molecule has 2 heterocycles. The number of carbonyl (C=O) groups excluding carboxylic acids is 1. The van der Waals surface area contributed by atoms with Crippen molar-refractivity contribution in [3.05, 3.63) is 36.0 Å². The average Bonchev–Trinajstić information content (AvgIpc) is 2.90. The van der Waals surface area contributed by atoms with Crippen LogP contribution in [0, 0.1) is 0 Å². The highest BCUT2D eigenvalue weighted by Crippen LogP contribution is 2.21. The van der Waals surface area contributed by atoms with Crippen molar-refractivity contribution in [2.75, 3.05) is 26.4 Å². The van der Waals surface area contributed by atoms with Crippen molar-refractivity contribution in [2.24, 2.45) is 0 Å². The number of nitrogens with zero attached hydrogens (tertiary/aromatic N) is 1. The van der Waals surface area contributed by atoms with E-state index in [1.807, 2.05) is 24.3 Å². The molecule has 1 saturated heterocycles. The van der Waals surface area contributed by atoms with E-state index >= 15 is 0 Å². The molecule has 5 heteroatoms. The van der Waals surface area contributed by atoms with Crippen molar-refractivity contribution in [3.8, 4) is 0 Å². The molecule has 2 aromatic rings. The zero-order valence-corrected chi connectivity index (χ0v) is 10.5. The Morgan fingerprint density at radius 2 is 2.32 bits per heavy atom. The van der Waals surface area contributed by atoms with Gasteiger partial charge in [-0.1, -0.05) is 18.2 Å². The Morgan fingerprint density at radius 3 is 3.16 bits per heavy atom. The van der Waals surface area contributed by atoms with E-state index in [4.69, 9.17) is 4.74 Å². The highest BCUT2D eigenvalue weighted by Gasteiger charge is 2.28. The molecule has 1 fully saturated rings. The van der Waals surface area contributed by atoms with Gasteiger partial charge in [0, 0.05) is 23.6 Å². The number of H-pyrrole nitrogens is 1. The standard InChI is InChI=1S/C14H16N2O3/c17-8-10-9-19-6-5-16(10)14(18)12-7-15-13-4-2-1-3-11(12)13/h1-4,7,10,15,17H,5-6,8-9H2. The monoisotopic (exact) mass is 260 g/mol. The van der Waals surface area contributed by atoms with Crippen molar-refractivity contribution < 1.29 is 14.6 Å². The number of rotatable bonds is 2. The summed E-state index contributed by atoms with van der Waals surface area (Å²) in [6.07, 6.45) is 1.73. The van der Waals surface area contributed by atoms with Crippen LogP contribution in [0.2, 0.25) is 0 Å². The minimum absolute atomic E-state index is 0.0557. The van der Waals surface area contributed by atoms with Crippen LogP contribution in [0.3, 0.4) is 0 Å². The second-order valence-electron chi connectivity index (χ2n) is 4.66. The molecule has 2 N–H and O–H groups in total. The zero-order chi connectivity index (χ0) is 13.2. The number of aliphatic hydroxyl groups is 1. The van der Waals surface area contributed by atoms with Crippen molar-refractivity contribution in [1.82, 2.24) is 9.88 Å².